The van der Waals surface area contributed by atoms with Gasteiger partial charge in [-0.1, -0.05) is 294 Å². The average Bonchev–Trinajstić information content (AvgIpc) is 3.40. The van der Waals surface area contributed by atoms with Crippen LogP contribution in [0.2, 0.25) is 0 Å². The van der Waals surface area contributed by atoms with Crippen LogP contribution in [0, 0.1) is 0 Å². The zero-order valence-electron chi connectivity index (χ0n) is 49.8. The zero-order valence-corrected chi connectivity index (χ0v) is 49.8. The third kappa shape index (κ3) is 59.3. The first-order valence-electron chi connectivity index (χ1n) is 33.2. The monoisotopic (exact) mass is 1040 g/mol. The van der Waals surface area contributed by atoms with Gasteiger partial charge in [-0.2, -0.15) is 0 Å². The molecule has 2 atom stereocenters. The van der Waals surface area contributed by atoms with Gasteiger partial charge in [-0.3, -0.25) is 9.59 Å². The summed E-state index contributed by atoms with van der Waals surface area (Å²) >= 11 is 0. The van der Waals surface area contributed by atoms with E-state index in [0.29, 0.717) is 25.9 Å². The van der Waals surface area contributed by atoms with Gasteiger partial charge in [0.2, 0.25) is 5.91 Å². The summed E-state index contributed by atoms with van der Waals surface area (Å²) < 4.78 is 5.47. The third-order valence-corrected chi connectivity index (χ3v) is 15.4. The summed E-state index contributed by atoms with van der Waals surface area (Å²) in [6.07, 6.45) is 80.2. The number of carbonyl (C=O) groups excluding carboxylic acids is 2. The number of ether oxygens (including phenoxy) is 1. The minimum atomic E-state index is -0.677. The highest BCUT2D eigenvalue weighted by molar-refractivity contribution is 5.76. The molecule has 0 heterocycles. The van der Waals surface area contributed by atoms with Crippen molar-refractivity contribution < 1.29 is 24.5 Å². The van der Waals surface area contributed by atoms with Crippen molar-refractivity contribution in [1.29, 1.82) is 0 Å². The molecule has 0 aliphatic carbocycles. The van der Waals surface area contributed by atoms with Gasteiger partial charge in [0.25, 0.3) is 0 Å². The maximum Gasteiger partial charge on any atom is 0.305 e. The Labute approximate surface area is 462 Å². The molecule has 1 amide bonds. The van der Waals surface area contributed by atoms with Crippen molar-refractivity contribution in [3.8, 4) is 0 Å². The lowest BCUT2D eigenvalue weighted by molar-refractivity contribution is -0.143. The van der Waals surface area contributed by atoms with Crippen molar-refractivity contribution in [2.45, 2.75) is 373 Å². The molecule has 0 saturated heterocycles. The molecule has 0 aromatic carbocycles. The molecule has 0 bridgehead atoms. The van der Waals surface area contributed by atoms with Crippen molar-refractivity contribution in [3.63, 3.8) is 0 Å². The smallest absolute Gasteiger partial charge is 0.305 e. The Morgan fingerprint density at radius 2 is 0.676 bits per heavy atom. The van der Waals surface area contributed by atoms with Crippen molar-refractivity contribution in [1.82, 2.24) is 5.32 Å². The molecular weight excluding hydrogens is 911 g/mol. The quantitative estimate of drug-likeness (QED) is 0.0320. The maximum atomic E-state index is 12.5. The first kappa shape index (κ1) is 72.1. The molecule has 0 spiro atoms. The number of aliphatic hydroxyl groups is 2. The summed E-state index contributed by atoms with van der Waals surface area (Å²) in [7, 11) is 0. The molecule has 6 heteroatoms. The standard InChI is InChI=1S/C68H129NO5/c1-3-5-7-9-11-13-15-17-19-21-22-23-24-25-26-29-32-36-40-44-48-52-56-60-66(71)65(64-70)69-67(72)61-57-53-49-45-41-37-33-30-27-31-35-39-43-47-51-55-59-63-74-68(73)62-58-54-50-46-42-38-34-28-20-18-16-14-12-10-8-6-4-2/h18,20,27,31,39,43,65-66,70-71H,3-17,19,21-26,28-30,32-38,40-42,44-64H2,1-2H3,(H,69,72)/b20-18-,31-27-,43-39-. The highest BCUT2D eigenvalue weighted by Gasteiger charge is 2.20. The highest BCUT2D eigenvalue weighted by atomic mass is 16.5. The fraction of sp³-hybridized carbons (Fsp3) is 0.882. The van der Waals surface area contributed by atoms with Crippen LogP contribution in [0.4, 0.5) is 0 Å². The second-order valence-electron chi connectivity index (χ2n) is 22.8. The van der Waals surface area contributed by atoms with E-state index in [0.717, 1.165) is 83.5 Å². The molecule has 0 fully saturated rings. The summed E-state index contributed by atoms with van der Waals surface area (Å²) in [6, 6.07) is -0.556. The van der Waals surface area contributed by atoms with Gasteiger partial charge >= 0.3 is 5.97 Å². The molecule has 3 N–H and O–H groups in total. The molecule has 436 valence electrons. The van der Waals surface area contributed by atoms with Crippen molar-refractivity contribution in [2.75, 3.05) is 13.2 Å². The Hall–Kier alpha value is -1.92. The summed E-state index contributed by atoms with van der Waals surface area (Å²) in [5.74, 6) is -0.0659. The Morgan fingerprint density at radius 1 is 0.378 bits per heavy atom. The van der Waals surface area contributed by atoms with Gasteiger partial charge in [0.15, 0.2) is 0 Å². The Kier molecular flexibility index (Phi) is 62.0. The molecule has 0 radical (unpaired) electrons. The van der Waals surface area contributed by atoms with Crippen molar-refractivity contribution >= 4 is 11.9 Å². The van der Waals surface area contributed by atoms with Gasteiger partial charge in [0.05, 0.1) is 25.4 Å². The molecule has 0 aliphatic heterocycles. The molecule has 0 aromatic rings. The van der Waals surface area contributed by atoms with Crippen LogP contribution in [-0.2, 0) is 14.3 Å². The number of unbranched alkanes of at least 4 members (excludes halogenated alkanes) is 45. The number of aliphatic hydroxyl groups excluding tert-OH is 2. The summed E-state index contributed by atoms with van der Waals surface area (Å²) in [6.45, 7) is 4.93. The fourth-order valence-corrected chi connectivity index (χ4v) is 10.3. The van der Waals surface area contributed by atoms with E-state index in [4.69, 9.17) is 4.74 Å². The Balaban J connectivity index is 3.48. The van der Waals surface area contributed by atoms with Crippen molar-refractivity contribution in [2.24, 2.45) is 0 Å². The van der Waals surface area contributed by atoms with E-state index < -0.39 is 12.1 Å². The molecule has 0 aromatic heterocycles. The summed E-state index contributed by atoms with van der Waals surface area (Å²) in [5, 5.41) is 23.4. The van der Waals surface area contributed by atoms with Gasteiger partial charge in [-0.05, 0) is 89.9 Å². The Morgan fingerprint density at radius 3 is 1.04 bits per heavy atom. The van der Waals surface area contributed by atoms with Crippen LogP contribution in [0.3, 0.4) is 0 Å². The van der Waals surface area contributed by atoms with E-state index in [1.54, 1.807) is 0 Å². The van der Waals surface area contributed by atoms with Crippen LogP contribution in [0.15, 0.2) is 36.5 Å². The van der Waals surface area contributed by atoms with Crippen LogP contribution >= 0.6 is 0 Å². The predicted molar refractivity (Wildman–Crippen MR) is 324 cm³/mol. The van der Waals surface area contributed by atoms with Gasteiger partial charge < -0.3 is 20.3 Å². The minimum Gasteiger partial charge on any atom is -0.466 e. The first-order chi connectivity index (χ1) is 36.5. The molecule has 0 rings (SSSR count). The summed E-state index contributed by atoms with van der Waals surface area (Å²) in [5.41, 5.74) is 0. The molecule has 2 unspecified atom stereocenters. The lowest BCUT2D eigenvalue weighted by Gasteiger charge is -2.22. The number of carbonyl (C=O) groups is 2. The SMILES string of the molecule is CCCCCCCC/C=C\CCCCCCCCCC(=O)OCCCCC/C=C\C/C=C\CCCCCCCCCC(=O)NC(CO)C(O)CCCCCCCCCCCCCCCCCCCCCCCCC. The molecule has 74 heavy (non-hydrogen) atoms. The fourth-order valence-electron chi connectivity index (χ4n) is 10.3. The normalized spacial score (nSPS) is 12.8. The minimum absolute atomic E-state index is 0.0181. The lowest BCUT2D eigenvalue weighted by Crippen LogP contribution is -2.45. The van der Waals surface area contributed by atoms with Crippen molar-refractivity contribution in [3.05, 3.63) is 36.5 Å². The number of allylic oxidation sites excluding steroid dienone is 6. The van der Waals surface area contributed by atoms with Gasteiger partial charge in [-0.25, -0.2) is 0 Å². The molecule has 6 nitrogen and oxygen atoms in total. The Bertz CT molecular complexity index is 1200. The van der Waals surface area contributed by atoms with Gasteiger partial charge in [0.1, 0.15) is 0 Å². The van der Waals surface area contributed by atoms with Crippen LogP contribution in [0.5, 0.6) is 0 Å². The number of amides is 1. The zero-order chi connectivity index (χ0) is 53.6. The second-order valence-corrected chi connectivity index (χ2v) is 22.8. The van der Waals surface area contributed by atoms with Crippen LogP contribution in [0.1, 0.15) is 361 Å². The van der Waals surface area contributed by atoms with E-state index in [9.17, 15) is 19.8 Å². The van der Waals surface area contributed by atoms with Gasteiger partial charge in [0, 0.05) is 12.8 Å². The number of hydrogen-bond acceptors (Lipinski definition) is 5. The average molecular weight is 1040 g/mol. The largest absolute Gasteiger partial charge is 0.466 e. The molecule has 0 aliphatic rings. The van der Waals surface area contributed by atoms with E-state index in [-0.39, 0.29) is 18.5 Å². The third-order valence-electron chi connectivity index (χ3n) is 15.4. The number of nitrogens with one attached hydrogen (secondary N) is 1. The van der Waals surface area contributed by atoms with E-state index in [1.807, 2.05) is 0 Å². The number of hydrogen-bond donors (Lipinski definition) is 3. The van der Waals surface area contributed by atoms with E-state index >= 15 is 0 Å². The lowest BCUT2D eigenvalue weighted by atomic mass is 10.0. The van der Waals surface area contributed by atoms with Crippen LogP contribution in [-0.4, -0.2) is 47.4 Å². The first-order valence-corrected chi connectivity index (χ1v) is 33.2. The number of rotatable bonds is 62. The van der Waals surface area contributed by atoms with Crippen LogP contribution in [0.25, 0.3) is 0 Å². The summed E-state index contributed by atoms with van der Waals surface area (Å²) in [4.78, 5) is 24.6. The maximum absolute atomic E-state index is 12.5. The van der Waals surface area contributed by atoms with E-state index in [1.165, 1.54) is 244 Å². The molecule has 0 saturated carbocycles. The topological polar surface area (TPSA) is 95.9 Å². The second kappa shape index (κ2) is 63.6. The van der Waals surface area contributed by atoms with Gasteiger partial charge in [-0.15, -0.1) is 0 Å². The highest BCUT2D eigenvalue weighted by Crippen LogP contribution is 2.18. The number of esters is 1. The predicted octanol–water partition coefficient (Wildman–Crippen LogP) is 21.1. The molecular formula is C68H129NO5. The van der Waals surface area contributed by atoms with E-state index in [2.05, 4.69) is 55.6 Å². The van der Waals surface area contributed by atoms with Crippen LogP contribution < -0.4 is 5.32 Å².